The van der Waals surface area contributed by atoms with E-state index in [-0.39, 0.29) is 36.0 Å². The number of hydrogen-bond acceptors (Lipinski definition) is 9. The number of carbonyl (C=O) groups excluding carboxylic acids is 1. The maximum absolute atomic E-state index is 12.9. The molecule has 3 heterocycles. The van der Waals surface area contributed by atoms with Crippen LogP contribution in [0.1, 0.15) is 56.4 Å². The summed E-state index contributed by atoms with van der Waals surface area (Å²) in [6, 6.07) is 25.2. The van der Waals surface area contributed by atoms with Crippen molar-refractivity contribution in [2.45, 2.75) is 36.6 Å². The highest BCUT2D eigenvalue weighted by Crippen LogP contribution is 2.39. The minimum absolute atomic E-state index is 0.0525. The summed E-state index contributed by atoms with van der Waals surface area (Å²) < 4.78 is 12.8. The predicted molar refractivity (Wildman–Crippen MR) is 164 cm³/mol. The van der Waals surface area contributed by atoms with Gasteiger partial charge in [-0.2, -0.15) is 0 Å². The molecule has 11 heteroatoms. The number of aromatic carboxylic acids is 1. The highest BCUT2D eigenvalue weighted by molar-refractivity contribution is 7.99. The van der Waals surface area contributed by atoms with Gasteiger partial charge in [-0.3, -0.25) is 9.78 Å². The van der Waals surface area contributed by atoms with E-state index in [0.717, 1.165) is 16.7 Å². The van der Waals surface area contributed by atoms with Crippen molar-refractivity contribution >= 4 is 40.4 Å². The number of aromatic nitrogens is 3. The first-order valence-electron chi connectivity index (χ1n) is 13.9. The Hall–Kier alpha value is -4.68. The standard InChI is InChI=1S/C33H28N4O6S/c38-18-20-7-9-21(10-8-20)29-16-24(19-44-31-25(32(40)41)4-3-15-34-31)42-33(43-29)22-11-13-23(14-12-22)36-30(39)28-17-35-26-5-1-2-6-27(26)37-28/h1-15,17,24,29,33,38H,16,18-19H2,(H,36,39)(H,40,41)/t24-,29+,33+/m1/s1. The van der Waals surface area contributed by atoms with Crippen molar-refractivity contribution in [3.8, 4) is 0 Å². The van der Waals surface area contributed by atoms with Crippen LogP contribution in [0.4, 0.5) is 5.69 Å². The topological polar surface area (TPSA) is 144 Å². The monoisotopic (exact) mass is 608 g/mol. The summed E-state index contributed by atoms with van der Waals surface area (Å²) in [6.45, 7) is -0.0525. The van der Waals surface area contributed by atoms with Crippen LogP contribution < -0.4 is 5.32 Å². The van der Waals surface area contributed by atoms with Crippen LogP contribution in [-0.2, 0) is 16.1 Å². The summed E-state index contributed by atoms with van der Waals surface area (Å²) >= 11 is 1.33. The Bertz CT molecular complexity index is 1780. The van der Waals surface area contributed by atoms with Gasteiger partial charge >= 0.3 is 5.97 Å². The second-order valence-electron chi connectivity index (χ2n) is 10.1. The number of aliphatic hydroxyl groups excluding tert-OH is 1. The fraction of sp³-hybridized carbons (Fsp3) is 0.182. The number of amides is 1. The lowest BCUT2D eigenvalue weighted by molar-refractivity contribution is -0.245. The number of carboxylic acids is 1. The molecular weight excluding hydrogens is 580 g/mol. The van der Waals surface area contributed by atoms with Gasteiger partial charge in [0.2, 0.25) is 0 Å². The minimum atomic E-state index is -1.03. The van der Waals surface area contributed by atoms with Crippen molar-refractivity contribution in [1.82, 2.24) is 15.0 Å². The zero-order chi connectivity index (χ0) is 30.5. The number of nitrogens with one attached hydrogen (secondary N) is 1. The van der Waals surface area contributed by atoms with Gasteiger partial charge in [0.15, 0.2) is 6.29 Å². The van der Waals surface area contributed by atoms with Crippen LogP contribution in [0, 0.1) is 0 Å². The van der Waals surface area contributed by atoms with Crippen LogP contribution in [0.2, 0.25) is 0 Å². The molecule has 3 atom stereocenters. The van der Waals surface area contributed by atoms with Gasteiger partial charge in [-0.15, -0.1) is 11.8 Å². The average molecular weight is 609 g/mol. The summed E-state index contributed by atoms with van der Waals surface area (Å²) in [5.74, 6) is -0.948. The number of hydrogen-bond donors (Lipinski definition) is 3. The molecule has 3 aromatic carbocycles. The fourth-order valence-corrected chi connectivity index (χ4v) is 5.85. The Balaban J connectivity index is 1.18. The third-order valence-corrected chi connectivity index (χ3v) is 8.28. The van der Waals surface area contributed by atoms with E-state index >= 15 is 0 Å². The van der Waals surface area contributed by atoms with Crippen molar-refractivity contribution in [2.24, 2.45) is 0 Å². The van der Waals surface area contributed by atoms with Crippen LogP contribution >= 0.6 is 11.8 Å². The second kappa shape index (κ2) is 13.3. The Kier molecular flexibility index (Phi) is 8.89. The number of ether oxygens (including phenoxy) is 2. The molecule has 0 radical (unpaired) electrons. The van der Waals surface area contributed by atoms with Gasteiger partial charge in [0, 0.05) is 29.6 Å². The SMILES string of the molecule is O=C(Nc1ccc([C@H]2O[C@@H](CSc3ncccc3C(=O)O)C[C@@H](c3ccc(CO)cc3)O2)cc1)c1cnc2ccccc2n1. The highest BCUT2D eigenvalue weighted by Gasteiger charge is 2.32. The molecule has 0 unspecified atom stereocenters. The third kappa shape index (κ3) is 6.76. The number of pyridine rings is 1. The molecule has 3 N–H and O–H groups in total. The third-order valence-electron chi connectivity index (χ3n) is 7.14. The van der Waals surface area contributed by atoms with Crippen LogP contribution in [0.15, 0.2) is 102 Å². The zero-order valence-electron chi connectivity index (χ0n) is 23.4. The molecular formula is C33H28N4O6S. The first kappa shape index (κ1) is 29.4. The van der Waals surface area contributed by atoms with E-state index in [1.54, 1.807) is 30.5 Å². The molecule has 5 aromatic rings. The molecule has 1 fully saturated rings. The van der Waals surface area contributed by atoms with E-state index in [4.69, 9.17) is 9.47 Å². The van der Waals surface area contributed by atoms with Crippen molar-refractivity contribution in [3.05, 3.63) is 125 Å². The maximum Gasteiger partial charge on any atom is 0.338 e. The summed E-state index contributed by atoms with van der Waals surface area (Å²) in [5.41, 5.74) is 4.77. The van der Waals surface area contributed by atoms with Gasteiger partial charge in [-0.1, -0.05) is 48.5 Å². The lowest BCUT2D eigenvalue weighted by atomic mass is 10.0. The van der Waals surface area contributed by atoms with Gasteiger partial charge in [0.25, 0.3) is 5.91 Å². The van der Waals surface area contributed by atoms with Crippen molar-refractivity contribution in [2.75, 3.05) is 11.1 Å². The van der Waals surface area contributed by atoms with Crippen molar-refractivity contribution < 1.29 is 29.3 Å². The summed E-state index contributed by atoms with van der Waals surface area (Å²) in [7, 11) is 0. The molecule has 1 aliphatic rings. The van der Waals surface area contributed by atoms with Crippen LogP contribution in [0.5, 0.6) is 0 Å². The quantitative estimate of drug-likeness (QED) is 0.176. The number of carbonyl (C=O) groups is 2. The lowest BCUT2D eigenvalue weighted by Gasteiger charge is -2.36. The molecule has 0 bridgehead atoms. The van der Waals surface area contributed by atoms with E-state index in [1.807, 2.05) is 54.6 Å². The van der Waals surface area contributed by atoms with Gasteiger partial charge < -0.3 is 25.0 Å². The highest BCUT2D eigenvalue weighted by atomic mass is 32.2. The second-order valence-corrected chi connectivity index (χ2v) is 11.2. The predicted octanol–water partition coefficient (Wildman–Crippen LogP) is 5.81. The maximum atomic E-state index is 12.9. The first-order valence-corrected chi connectivity index (χ1v) is 14.9. The Morgan fingerprint density at radius 1 is 0.886 bits per heavy atom. The number of thioether (sulfide) groups is 1. The molecule has 2 aromatic heterocycles. The van der Waals surface area contributed by atoms with Crippen LogP contribution in [0.25, 0.3) is 11.0 Å². The molecule has 0 saturated carbocycles. The number of anilines is 1. The number of carboxylic acid groups (broad SMARTS) is 1. The van der Waals surface area contributed by atoms with E-state index < -0.39 is 12.3 Å². The zero-order valence-corrected chi connectivity index (χ0v) is 24.2. The summed E-state index contributed by atoms with van der Waals surface area (Å²) in [6.07, 6.45) is 2.26. The van der Waals surface area contributed by atoms with E-state index in [2.05, 4.69) is 20.3 Å². The first-order chi connectivity index (χ1) is 21.5. The molecule has 1 saturated heterocycles. The molecule has 0 aliphatic carbocycles. The van der Waals surface area contributed by atoms with E-state index in [1.165, 1.54) is 24.0 Å². The molecule has 10 nitrogen and oxygen atoms in total. The molecule has 222 valence electrons. The Morgan fingerprint density at radius 3 is 2.39 bits per heavy atom. The normalized spacial score (nSPS) is 18.2. The van der Waals surface area contributed by atoms with E-state index in [0.29, 0.717) is 33.9 Å². The number of nitrogens with zero attached hydrogens (tertiary/aromatic N) is 3. The lowest BCUT2D eigenvalue weighted by Crippen LogP contribution is -2.31. The van der Waals surface area contributed by atoms with E-state index in [9.17, 15) is 19.8 Å². The molecule has 0 spiro atoms. The number of benzene rings is 3. The largest absolute Gasteiger partial charge is 0.478 e. The number of para-hydroxylation sites is 2. The Morgan fingerprint density at radius 2 is 1.64 bits per heavy atom. The number of fused-ring (bicyclic) bond motifs is 1. The van der Waals surface area contributed by atoms with Crippen molar-refractivity contribution in [1.29, 1.82) is 0 Å². The molecule has 6 rings (SSSR count). The smallest absolute Gasteiger partial charge is 0.338 e. The average Bonchev–Trinajstić information content (AvgIpc) is 3.07. The van der Waals surface area contributed by atoms with Gasteiger partial charge in [-0.25, -0.2) is 14.8 Å². The minimum Gasteiger partial charge on any atom is -0.478 e. The molecule has 1 aliphatic heterocycles. The molecule has 1 amide bonds. The van der Waals surface area contributed by atoms with Gasteiger partial charge in [0.05, 0.1) is 41.6 Å². The van der Waals surface area contributed by atoms with Gasteiger partial charge in [0.1, 0.15) is 10.7 Å². The molecule has 44 heavy (non-hydrogen) atoms. The van der Waals surface area contributed by atoms with Gasteiger partial charge in [-0.05, 0) is 47.5 Å². The van der Waals surface area contributed by atoms with Crippen LogP contribution in [0.3, 0.4) is 0 Å². The fourth-order valence-electron chi connectivity index (χ4n) is 4.85. The van der Waals surface area contributed by atoms with Crippen LogP contribution in [-0.4, -0.2) is 48.9 Å². The van der Waals surface area contributed by atoms with Crippen molar-refractivity contribution in [3.63, 3.8) is 0 Å². The number of rotatable bonds is 9. The Labute approximate surface area is 257 Å². The summed E-state index contributed by atoms with van der Waals surface area (Å²) in [5, 5.41) is 22.3. The number of aliphatic hydroxyl groups is 1. The summed E-state index contributed by atoms with van der Waals surface area (Å²) in [4.78, 5) is 37.5.